The summed E-state index contributed by atoms with van der Waals surface area (Å²) in [5, 5.41) is 2.93. The third-order valence-corrected chi connectivity index (χ3v) is 5.64. The Kier molecular flexibility index (Phi) is 5.42. The molecule has 9 heteroatoms. The Balaban J connectivity index is 1.31. The summed E-state index contributed by atoms with van der Waals surface area (Å²) in [6.07, 6.45) is -2.79. The number of carbonyl (C=O) groups is 1. The van der Waals surface area contributed by atoms with Gasteiger partial charge in [0.25, 0.3) is 5.91 Å². The van der Waals surface area contributed by atoms with Crippen molar-refractivity contribution in [2.75, 3.05) is 26.2 Å². The molecule has 0 radical (unpaired) electrons. The minimum absolute atomic E-state index is 0.243. The quantitative estimate of drug-likeness (QED) is 0.627. The number of furan rings is 1. The molecule has 1 saturated heterocycles. The van der Waals surface area contributed by atoms with Crippen LogP contribution in [0, 0.1) is 0 Å². The number of carbonyl (C=O) groups excluding carboxylic acids is 1. The zero-order valence-corrected chi connectivity index (χ0v) is 16.2. The van der Waals surface area contributed by atoms with E-state index < -0.39 is 11.7 Å². The van der Waals surface area contributed by atoms with Gasteiger partial charge in [-0.25, -0.2) is 4.98 Å². The van der Waals surface area contributed by atoms with Crippen molar-refractivity contribution < 1.29 is 22.4 Å². The highest BCUT2D eigenvalue weighted by Gasteiger charge is 2.30. The van der Waals surface area contributed by atoms with E-state index in [2.05, 4.69) is 9.88 Å². The highest BCUT2D eigenvalue weighted by molar-refractivity contribution is 7.09. The molecule has 0 aliphatic carbocycles. The van der Waals surface area contributed by atoms with Crippen LogP contribution < -0.4 is 0 Å². The van der Waals surface area contributed by atoms with Gasteiger partial charge in [-0.15, -0.1) is 11.3 Å². The minimum atomic E-state index is -4.40. The number of benzene rings is 1. The Hall–Kier alpha value is -2.65. The van der Waals surface area contributed by atoms with Crippen molar-refractivity contribution in [2.45, 2.75) is 12.7 Å². The van der Waals surface area contributed by atoms with E-state index in [4.69, 9.17) is 4.42 Å². The average Bonchev–Trinajstić information content (AvgIpc) is 3.39. The zero-order chi connectivity index (χ0) is 20.4. The maximum absolute atomic E-state index is 12.7. The molecule has 1 aliphatic heterocycles. The van der Waals surface area contributed by atoms with Crippen molar-refractivity contribution in [3.63, 3.8) is 0 Å². The van der Waals surface area contributed by atoms with Gasteiger partial charge in [0.15, 0.2) is 5.76 Å². The van der Waals surface area contributed by atoms with Crippen molar-refractivity contribution in [2.24, 2.45) is 0 Å². The second-order valence-electron chi connectivity index (χ2n) is 6.75. The van der Waals surface area contributed by atoms with Gasteiger partial charge in [-0.05, 0) is 36.4 Å². The van der Waals surface area contributed by atoms with Crippen LogP contribution in [0.2, 0.25) is 0 Å². The van der Waals surface area contributed by atoms with Gasteiger partial charge in [0, 0.05) is 37.1 Å². The molecular weight excluding hydrogens is 403 g/mol. The third-order valence-electron chi connectivity index (χ3n) is 4.80. The largest absolute Gasteiger partial charge is 0.463 e. The first-order valence-corrected chi connectivity index (χ1v) is 9.95. The van der Waals surface area contributed by atoms with Crippen LogP contribution in [-0.4, -0.2) is 46.9 Å². The number of hydrogen-bond donors (Lipinski definition) is 0. The number of halogens is 3. The molecule has 3 heterocycles. The molecule has 0 spiro atoms. The van der Waals surface area contributed by atoms with Crippen LogP contribution in [0.25, 0.3) is 11.5 Å². The Morgan fingerprint density at radius 1 is 1.10 bits per heavy atom. The summed E-state index contributed by atoms with van der Waals surface area (Å²) >= 11 is 1.56. The van der Waals surface area contributed by atoms with Gasteiger partial charge in [0.05, 0.1) is 18.4 Å². The fraction of sp³-hybridized carbons (Fsp3) is 0.300. The zero-order valence-electron chi connectivity index (χ0n) is 15.4. The summed E-state index contributed by atoms with van der Waals surface area (Å²) in [7, 11) is 0. The van der Waals surface area contributed by atoms with Crippen molar-refractivity contribution in [3.8, 4) is 11.5 Å². The first kappa shape index (κ1) is 19.7. The van der Waals surface area contributed by atoms with Gasteiger partial charge in [-0.1, -0.05) is 0 Å². The lowest BCUT2D eigenvalue weighted by Crippen LogP contribution is -2.48. The summed E-state index contributed by atoms with van der Waals surface area (Å²) in [6.45, 7) is 3.10. The van der Waals surface area contributed by atoms with E-state index in [-0.39, 0.29) is 11.5 Å². The first-order valence-electron chi connectivity index (χ1n) is 9.07. The molecule has 0 bridgehead atoms. The number of hydrogen-bond acceptors (Lipinski definition) is 5. The highest BCUT2D eigenvalue weighted by Crippen LogP contribution is 2.29. The molecule has 4 rings (SSSR count). The number of alkyl halides is 3. The van der Waals surface area contributed by atoms with Crippen LogP contribution in [0.1, 0.15) is 20.9 Å². The van der Waals surface area contributed by atoms with E-state index in [0.717, 1.165) is 28.6 Å². The van der Waals surface area contributed by atoms with Gasteiger partial charge >= 0.3 is 6.18 Å². The second kappa shape index (κ2) is 8.00. The van der Waals surface area contributed by atoms with E-state index in [0.29, 0.717) is 32.7 Å². The highest BCUT2D eigenvalue weighted by atomic mass is 32.1. The lowest BCUT2D eigenvalue weighted by molar-refractivity contribution is -0.137. The number of rotatable bonds is 4. The van der Waals surface area contributed by atoms with Crippen molar-refractivity contribution >= 4 is 17.2 Å². The van der Waals surface area contributed by atoms with Gasteiger partial charge in [0.1, 0.15) is 10.7 Å². The summed E-state index contributed by atoms with van der Waals surface area (Å²) in [5.41, 5.74) is 0.330. The molecule has 29 heavy (non-hydrogen) atoms. The van der Waals surface area contributed by atoms with Gasteiger partial charge < -0.3 is 9.32 Å². The molecule has 1 amide bonds. The molecular formula is C20H18F3N3O2S. The fourth-order valence-electron chi connectivity index (χ4n) is 3.21. The van der Waals surface area contributed by atoms with Crippen LogP contribution in [-0.2, 0) is 12.7 Å². The fourth-order valence-corrected chi connectivity index (χ4v) is 4.03. The summed E-state index contributed by atoms with van der Waals surface area (Å²) in [4.78, 5) is 21.0. The van der Waals surface area contributed by atoms with Crippen molar-refractivity contribution in [1.29, 1.82) is 0 Å². The maximum atomic E-state index is 12.7. The smallest absolute Gasteiger partial charge is 0.416 e. The van der Waals surface area contributed by atoms with E-state index in [1.807, 2.05) is 17.5 Å². The Morgan fingerprint density at radius 3 is 2.45 bits per heavy atom. The summed E-state index contributed by atoms with van der Waals surface area (Å²) in [5.74, 6) is 0.493. The number of amides is 1. The van der Waals surface area contributed by atoms with Gasteiger partial charge in [-0.2, -0.15) is 13.2 Å². The molecule has 3 aromatic rings. The molecule has 152 valence electrons. The molecule has 1 fully saturated rings. The van der Waals surface area contributed by atoms with Crippen LogP contribution >= 0.6 is 11.3 Å². The predicted octanol–water partition coefficient (Wildman–Crippen LogP) is 4.38. The third kappa shape index (κ3) is 4.51. The molecule has 5 nitrogen and oxygen atoms in total. The van der Waals surface area contributed by atoms with E-state index >= 15 is 0 Å². The van der Waals surface area contributed by atoms with Crippen LogP contribution in [0.15, 0.2) is 52.5 Å². The maximum Gasteiger partial charge on any atom is 0.416 e. The van der Waals surface area contributed by atoms with E-state index in [1.54, 1.807) is 22.5 Å². The standard InChI is InChI=1S/C20H18F3N3O2S/c21-20(22,23)15-5-3-14(4-6-15)19(27)26-9-7-25(8-10-26)12-18-24-16(13-29-18)17-2-1-11-28-17/h1-6,11,13H,7-10,12H2. The molecule has 1 aromatic carbocycles. The van der Waals surface area contributed by atoms with Gasteiger partial charge in [0.2, 0.25) is 0 Å². The van der Waals surface area contributed by atoms with Crippen molar-refractivity contribution in [3.05, 3.63) is 64.2 Å². The van der Waals surface area contributed by atoms with Crippen LogP contribution in [0.3, 0.4) is 0 Å². The SMILES string of the molecule is O=C(c1ccc(C(F)(F)F)cc1)N1CCN(Cc2nc(-c3ccco3)cs2)CC1. The Morgan fingerprint density at radius 2 is 1.83 bits per heavy atom. The lowest BCUT2D eigenvalue weighted by atomic mass is 10.1. The average molecular weight is 421 g/mol. The molecule has 2 aromatic heterocycles. The van der Waals surface area contributed by atoms with E-state index in [1.165, 1.54) is 12.1 Å². The Bertz CT molecular complexity index is 960. The summed E-state index contributed by atoms with van der Waals surface area (Å²) < 4.78 is 43.4. The molecule has 1 aliphatic rings. The van der Waals surface area contributed by atoms with Crippen LogP contribution in [0.4, 0.5) is 13.2 Å². The normalized spacial score (nSPS) is 15.6. The minimum Gasteiger partial charge on any atom is -0.463 e. The predicted molar refractivity (Wildman–Crippen MR) is 102 cm³/mol. The van der Waals surface area contributed by atoms with Gasteiger partial charge in [-0.3, -0.25) is 9.69 Å². The lowest BCUT2D eigenvalue weighted by Gasteiger charge is -2.34. The molecule has 0 unspecified atom stereocenters. The number of nitrogens with zero attached hydrogens (tertiary/aromatic N) is 3. The molecule has 0 saturated carbocycles. The second-order valence-corrected chi connectivity index (χ2v) is 7.69. The first-order chi connectivity index (χ1) is 13.9. The topological polar surface area (TPSA) is 49.6 Å². The Labute approximate surface area is 169 Å². The number of aromatic nitrogens is 1. The number of thiazole rings is 1. The van der Waals surface area contributed by atoms with Crippen LogP contribution in [0.5, 0.6) is 0 Å². The summed E-state index contributed by atoms with van der Waals surface area (Å²) in [6, 6.07) is 8.06. The van der Waals surface area contributed by atoms with E-state index in [9.17, 15) is 18.0 Å². The number of piperazine rings is 1. The molecule has 0 N–H and O–H groups in total. The molecule has 0 atom stereocenters. The van der Waals surface area contributed by atoms with Crippen molar-refractivity contribution in [1.82, 2.24) is 14.8 Å². The monoisotopic (exact) mass is 421 g/mol.